The summed E-state index contributed by atoms with van der Waals surface area (Å²) in [6.07, 6.45) is 4.60. The van der Waals surface area contributed by atoms with E-state index in [-0.39, 0.29) is 23.7 Å². The molecule has 1 fully saturated rings. The molecule has 0 aromatic rings. The van der Waals surface area contributed by atoms with E-state index in [2.05, 4.69) is 20.9 Å². The minimum absolute atomic E-state index is 0.00266. The summed E-state index contributed by atoms with van der Waals surface area (Å²) in [7, 11) is 0. The molecule has 0 bridgehead atoms. The smallest absolute Gasteiger partial charge is 0.246 e. The highest BCUT2D eigenvalue weighted by Crippen LogP contribution is 2.17. The number of nitrogens with two attached hydrogens (primary N) is 2. The molecule has 1 unspecified atom stereocenters. The van der Waals surface area contributed by atoms with Gasteiger partial charge in [0, 0.05) is 19.5 Å². The van der Waals surface area contributed by atoms with Crippen LogP contribution < -0.4 is 27.4 Å². The van der Waals surface area contributed by atoms with Crippen LogP contribution in [-0.2, 0) is 14.4 Å². The summed E-state index contributed by atoms with van der Waals surface area (Å²) in [6, 6.07) is -0.693. The Labute approximate surface area is 161 Å². The van der Waals surface area contributed by atoms with Crippen molar-refractivity contribution in [2.45, 2.75) is 76.8 Å². The molecule has 0 aliphatic carbocycles. The predicted octanol–water partition coefficient (Wildman–Crippen LogP) is -0.110. The van der Waals surface area contributed by atoms with Crippen LogP contribution in [0, 0.1) is 0 Å². The molecule has 1 rings (SSSR count). The molecular weight excluding hydrogens is 348 g/mol. The minimum Gasteiger partial charge on any atom is -0.370 e. The molecule has 1 heterocycles. The van der Waals surface area contributed by atoms with Crippen LogP contribution in [0.15, 0.2) is 4.99 Å². The lowest BCUT2D eigenvalue weighted by Gasteiger charge is -2.33. The van der Waals surface area contributed by atoms with E-state index in [1.165, 1.54) is 0 Å². The number of amides is 3. The fourth-order valence-corrected chi connectivity index (χ4v) is 3.12. The third-order valence-corrected chi connectivity index (χ3v) is 4.97. The fraction of sp³-hybridized carbons (Fsp3) is 0.778. The number of rotatable bonds is 6. The summed E-state index contributed by atoms with van der Waals surface area (Å²) in [5, 5.41) is 8.60. The van der Waals surface area contributed by atoms with Gasteiger partial charge in [0.05, 0.1) is 0 Å². The molecule has 3 amide bonds. The van der Waals surface area contributed by atoms with Crippen molar-refractivity contribution in [3.05, 3.63) is 0 Å². The van der Waals surface area contributed by atoms with Gasteiger partial charge in [-0.3, -0.25) is 19.4 Å². The van der Waals surface area contributed by atoms with Gasteiger partial charge in [0.25, 0.3) is 0 Å². The van der Waals surface area contributed by atoms with E-state index in [9.17, 15) is 14.4 Å². The van der Waals surface area contributed by atoms with Crippen LogP contribution >= 0.6 is 0 Å². The van der Waals surface area contributed by atoms with Gasteiger partial charge >= 0.3 is 0 Å². The van der Waals surface area contributed by atoms with Crippen LogP contribution in [0.2, 0.25) is 0 Å². The highest BCUT2D eigenvalue weighted by molar-refractivity contribution is 5.94. The standard InChI is InChI=1S/C18H34N6O3/c1-3-18(4-2)16(27)23-13(9-8-12-22-17(19)20)15(26)21-11-7-5-6-10-14(25)24-18/h13H,3-12H2,1-2H3,(H,21,26)(H,23,27)(H,24,25)(H4,19,20,22). The average Bonchev–Trinajstić information content (AvgIpc) is 2.64. The number of aliphatic imine (C=N–C) groups is 1. The normalized spacial score (nSPS) is 21.6. The Bertz CT molecular complexity index is 541. The summed E-state index contributed by atoms with van der Waals surface area (Å²) in [5.74, 6) is -0.685. The Morgan fingerprint density at radius 2 is 1.85 bits per heavy atom. The summed E-state index contributed by atoms with van der Waals surface area (Å²) in [6.45, 7) is 4.61. The molecule has 154 valence electrons. The Morgan fingerprint density at radius 3 is 2.48 bits per heavy atom. The van der Waals surface area contributed by atoms with E-state index < -0.39 is 11.6 Å². The molecule has 0 radical (unpaired) electrons. The first-order valence-corrected chi connectivity index (χ1v) is 9.79. The van der Waals surface area contributed by atoms with Gasteiger partial charge in [0.1, 0.15) is 11.6 Å². The topological polar surface area (TPSA) is 152 Å². The molecule has 9 heteroatoms. The Balaban J connectivity index is 2.95. The second-order valence-corrected chi connectivity index (χ2v) is 6.91. The van der Waals surface area contributed by atoms with Crippen molar-refractivity contribution >= 4 is 23.7 Å². The van der Waals surface area contributed by atoms with Crippen molar-refractivity contribution in [2.75, 3.05) is 13.1 Å². The zero-order chi connectivity index (χ0) is 20.3. The van der Waals surface area contributed by atoms with Crippen molar-refractivity contribution in [2.24, 2.45) is 16.5 Å². The molecule has 9 nitrogen and oxygen atoms in total. The zero-order valence-corrected chi connectivity index (χ0v) is 16.5. The first-order chi connectivity index (χ1) is 12.8. The van der Waals surface area contributed by atoms with E-state index in [0.29, 0.717) is 45.2 Å². The Hall–Kier alpha value is -2.32. The fourth-order valence-electron chi connectivity index (χ4n) is 3.12. The first kappa shape index (κ1) is 22.7. The Kier molecular flexibility index (Phi) is 9.60. The van der Waals surface area contributed by atoms with Crippen molar-refractivity contribution < 1.29 is 14.4 Å². The monoisotopic (exact) mass is 382 g/mol. The van der Waals surface area contributed by atoms with Crippen LogP contribution in [0.3, 0.4) is 0 Å². The van der Waals surface area contributed by atoms with E-state index in [4.69, 9.17) is 11.5 Å². The van der Waals surface area contributed by atoms with Gasteiger partial charge in [-0.05, 0) is 38.5 Å². The van der Waals surface area contributed by atoms with Gasteiger partial charge in [-0.2, -0.15) is 0 Å². The predicted molar refractivity (Wildman–Crippen MR) is 105 cm³/mol. The summed E-state index contributed by atoms with van der Waals surface area (Å²) >= 11 is 0. The van der Waals surface area contributed by atoms with Crippen molar-refractivity contribution in [3.8, 4) is 0 Å². The molecule has 1 aliphatic rings. The number of nitrogens with zero attached hydrogens (tertiary/aromatic N) is 1. The van der Waals surface area contributed by atoms with E-state index >= 15 is 0 Å². The summed E-state index contributed by atoms with van der Waals surface area (Å²) in [5.41, 5.74) is 9.62. The minimum atomic E-state index is -1.01. The summed E-state index contributed by atoms with van der Waals surface area (Å²) in [4.78, 5) is 41.7. The number of carbonyl (C=O) groups is 3. The highest BCUT2D eigenvalue weighted by Gasteiger charge is 2.38. The van der Waals surface area contributed by atoms with E-state index in [1.807, 2.05) is 13.8 Å². The summed E-state index contributed by atoms with van der Waals surface area (Å²) < 4.78 is 0. The maximum Gasteiger partial charge on any atom is 0.246 e. The van der Waals surface area contributed by atoms with Gasteiger partial charge in [-0.1, -0.05) is 20.3 Å². The van der Waals surface area contributed by atoms with Crippen LogP contribution in [0.25, 0.3) is 0 Å². The van der Waals surface area contributed by atoms with Crippen molar-refractivity contribution in [3.63, 3.8) is 0 Å². The average molecular weight is 383 g/mol. The molecule has 1 atom stereocenters. The first-order valence-electron chi connectivity index (χ1n) is 9.79. The molecule has 0 saturated carbocycles. The quantitative estimate of drug-likeness (QED) is 0.247. The largest absolute Gasteiger partial charge is 0.370 e. The second-order valence-electron chi connectivity index (χ2n) is 6.91. The number of carbonyl (C=O) groups excluding carboxylic acids is 3. The van der Waals surface area contributed by atoms with Crippen molar-refractivity contribution in [1.29, 1.82) is 0 Å². The van der Waals surface area contributed by atoms with E-state index in [1.54, 1.807) is 0 Å². The third-order valence-electron chi connectivity index (χ3n) is 4.97. The molecule has 1 aliphatic heterocycles. The molecular formula is C18H34N6O3. The Morgan fingerprint density at radius 1 is 1.15 bits per heavy atom. The highest BCUT2D eigenvalue weighted by atomic mass is 16.2. The van der Waals surface area contributed by atoms with Gasteiger partial charge in [-0.25, -0.2) is 0 Å². The lowest BCUT2D eigenvalue weighted by molar-refractivity contribution is -0.136. The molecule has 27 heavy (non-hydrogen) atoms. The van der Waals surface area contributed by atoms with Gasteiger partial charge in [-0.15, -0.1) is 0 Å². The van der Waals surface area contributed by atoms with Gasteiger partial charge in [0.2, 0.25) is 17.7 Å². The third kappa shape index (κ3) is 7.44. The maximum absolute atomic E-state index is 13.0. The second kappa shape index (κ2) is 11.4. The molecule has 0 spiro atoms. The number of nitrogens with one attached hydrogen (secondary N) is 3. The maximum atomic E-state index is 13.0. The van der Waals surface area contributed by atoms with Crippen LogP contribution in [-0.4, -0.2) is 48.4 Å². The SMILES string of the molecule is CCC1(CC)NC(=O)CCCCCNC(=O)C(CCCN=C(N)N)NC1=O. The number of guanidine groups is 1. The lowest BCUT2D eigenvalue weighted by atomic mass is 9.90. The lowest BCUT2D eigenvalue weighted by Crippen LogP contribution is -2.61. The molecule has 7 N–H and O–H groups in total. The van der Waals surface area contributed by atoms with Crippen molar-refractivity contribution in [1.82, 2.24) is 16.0 Å². The van der Waals surface area contributed by atoms with Crippen LogP contribution in [0.5, 0.6) is 0 Å². The molecule has 0 aromatic carbocycles. The van der Waals surface area contributed by atoms with Crippen LogP contribution in [0.1, 0.15) is 65.2 Å². The van der Waals surface area contributed by atoms with Gasteiger partial charge in [0.15, 0.2) is 5.96 Å². The zero-order valence-electron chi connectivity index (χ0n) is 16.5. The number of hydrogen-bond donors (Lipinski definition) is 5. The molecule has 0 aromatic heterocycles. The van der Waals surface area contributed by atoms with Gasteiger partial charge < -0.3 is 27.4 Å². The number of hydrogen-bond acceptors (Lipinski definition) is 4. The van der Waals surface area contributed by atoms with Crippen LogP contribution in [0.4, 0.5) is 0 Å². The van der Waals surface area contributed by atoms with E-state index in [0.717, 1.165) is 19.3 Å². The molecule has 1 saturated heterocycles.